The first kappa shape index (κ1) is 30.8. The SMILES string of the molecule is C=CCOCCOc1ccc(OC(=O)[C@H]2CC[C@H](C(=O)Oc3ccc(OCCOCc4ccccc4)cc3)CC2)cc1. The van der Waals surface area contributed by atoms with Crippen LogP contribution in [0, 0.1) is 11.8 Å². The molecule has 0 bridgehead atoms. The monoisotopic (exact) mass is 574 g/mol. The van der Waals surface area contributed by atoms with E-state index in [9.17, 15) is 9.59 Å². The molecule has 0 unspecified atom stereocenters. The summed E-state index contributed by atoms with van der Waals surface area (Å²) in [6.07, 6.45) is 3.98. The standard InChI is InChI=1S/C34H38O8/c1-2-20-37-21-23-39-29-12-16-31(17-13-29)41-33(35)27-8-10-28(11-9-27)34(36)42-32-18-14-30(15-19-32)40-24-22-38-25-26-6-4-3-5-7-26/h2-7,12-19,27-28H,1,8-11,20-25H2/t27-,28-. The molecule has 1 saturated carbocycles. The number of carbonyl (C=O) groups excluding carboxylic acids is 2. The van der Waals surface area contributed by atoms with E-state index in [1.54, 1.807) is 54.6 Å². The molecule has 0 saturated heterocycles. The zero-order valence-electron chi connectivity index (χ0n) is 23.8. The van der Waals surface area contributed by atoms with Crippen LogP contribution in [0.1, 0.15) is 31.2 Å². The number of carbonyl (C=O) groups is 2. The Labute approximate surface area is 247 Å². The maximum absolute atomic E-state index is 12.7. The summed E-state index contributed by atoms with van der Waals surface area (Å²) in [4.78, 5) is 25.4. The fourth-order valence-electron chi connectivity index (χ4n) is 4.54. The molecule has 222 valence electrons. The van der Waals surface area contributed by atoms with Crippen molar-refractivity contribution >= 4 is 11.9 Å². The van der Waals surface area contributed by atoms with E-state index < -0.39 is 0 Å². The van der Waals surface area contributed by atoms with Crippen LogP contribution in [0.5, 0.6) is 23.0 Å². The van der Waals surface area contributed by atoms with Gasteiger partial charge < -0.3 is 28.4 Å². The molecule has 4 rings (SSSR count). The van der Waals surface area contributed by atoms with E-state index >= 15 is 0 Å². The molecule has 0 aliphatic heterocycles. The second-order valence-electron chi connectivity index (χ2n) is 9.93. The molecule has 0 N–H and O–H groups in total. The third-order valence-electron chi connectivity index (χ3n) is 6.82. The van der Waals surface area contributed by atoms with Crippen LogP contribution in [0.3, 0.4) is 0 Å². The number of rotatable bonds is 16. The van der Waals surface area contributed by atoms with Crippen molar-refractivity contribution in [3.05, 3.63) is 97.1 Å². The largest absolute Gasteiger partial charge is 0.491 e. The first-order valence-corrected chi connectivity index (χ1v) is 14.3. The highest BCUT2D eigenvalue weighted by atomic mass is 16.5. The van der Waals surface area contributed by atoms with Gasteiger partial charge in [-0.15, -0.1) is 6.58 Å². The van der Waals surface area contributed by atoms with Gasteiger partial charge in [-0.2, -0.15) is 0 Å². The van der Waals surface area contributed by atoms with Gasteiger partial charge in [0.1, 0.15) is 36.2 Å². The van der Waals surface area contributed by atoms with Crippen molar-refractivity contribution < 1.29 is 38.0 Å². The molecular weight excluding hydrogens is 536 g/mol. The summed E-state index contributed by atoms with van der Waals surface area (Å²) >= 11 is 0. The van der Waals surface area contributed by atoms with Crippen LogP contribution in [0.15, 0.2) is 91.5 Å². The number of hydrogen-bond acceptors (Lipinski definition) is 8. The summed E-state index contributed by atoms with van der Waals surface area (Å²) in [5.74, 6) is 1.20. The highest BCUT2D eigenvalue weighted by Crippen LogP contribution is 2.32. The lowest BCUT2D eigenvalue weighted by Crippen LogP contribution is -2.30. The molecule has 0 atom stereocenters. The lowest BCUT2D eigenvalue weighted by molar-refractivity contribution is -0.145. The van der Waals surface area contributed by atoms with Crippen LogP contribution in [-0.2, 0) is 25.7 Å². The van der Waals surface area contributed by atoms with E-state index in [0.29, 0.717) is 88.3 Å². The van der Waals surface area contributed by atoms with Crippen LogP contribution in [0.2, 0.25) is 0 Å². The second-order valence-corrected chi connectivity index (χ2v) is 9.93. The second kappa shape index (κ2) is 17.0. The molecule has 1 fully saturated rings. The number of benzene rings is 3. The van der Waals surface area contributed by atoms with Gasteiger partial charge in [0.25, 0.3) is 0 Å². The van der Waals surface area contributed by atoms with Crippen molar-refractivity contribution in [1.82, 2.24) is 0 Å². The average molecular weight is 575 g/mol. The Balaban J connectivity index is 1.11. The maximum Gasteiger partial charge on any atom is 0.314 e. The lowest BCUT2D eigenvalue weighted by Gasteiger charge is -2.25. The van der Waals surface area contributed by atoms with Crippen LogP contribution in [0.25, 0.3) is 0 Å². The predicted octanol–water partition coefficient (Wildman–Crippen LogP) is 6.18. The van der Waals surface area contributed by atoms with Gasteiger partial charge in [-0.3, -0.25) is 9.59 Å². The van der Waals surface area contributed by atoms with Gasteiger partial charge >= 0.3 is 11.9 Å². The Morgan fingerprint density at radius 1 is 0.619 bits per heavy atom. The average Bonchev–Trinajstić information content (AvgIpc) is 3.03. The summed E-state index contributed by atoms with van der Waals surface area (Å²) < 4.78 is 33.4. The van der Waals surface area contributed by atoms with Gasteiger partial charge in [-0.1, -0.05) is 36.4 Å². The summed E-state index contributed by atoms with van der Waals surface area (Å²) in [5.41, 5.74) is 1.12. The highest BCUT2D eigenvalue weighted by Gasteiger charge is 2.32. The minimum Gasteiger partial charge on any atom is -0.491 e. The maximum atomic E-state index is 12.7. The van der Waals surface area contributed by atoms with Crippen molar-refractivity contribution in [2.45, 2.75) is 32.3 Å². The minimum atomic E-state index is -0.283. The Kier molecular flexibility index (Phi) is 12.4. The van der Waals surface area contributed by atoms with Gasteiger partial charge in [0.15, 0.2) is 0 Å². The van der Waals surface area contributed by atoms with Gasteiger partial charge in [-0.05, 0) is 79.8 Å². The number of ether oxygens (including phenoxy) is 6. The summed E-state index contributed by atoms with van der Waals surface area (Å²) in [5, 5.41) is 0. The van der Waals surface area contributed by atoms with Gasteiger partial charge in [-0.25, -0.2) is 0 Å². The van der Waals surface area contributed by atoms with Crippen LogP contribution < -0.4 is 18.9 Å². The van der Waals surface area contributed by atoms with Crippen LogP contribution in [0.4, 0.5) is 0 Å². The quantitative estimate of drug-likeness (QED) is 0.0867. The van der Waals surface area contributed by atoms with E-state index in [-0.39, 0.29) is 23.8 Å². The Hall–Kier alpha value is -4.14. The van der Waals surface area contributed by atoms with Crippen molar-refractivity contribution in [2.24, 2.45) is 11.8 Å². The molecule has 3 aromatic carbocycles. The van der Waals surface area contributed by atoms with Crippen molar-refractivity contribution in [1.29, 1.82) is 0 Å². The molecule has 1 aliphatic carbocycles. The molecule has 42 heavy (non-hydrogen) atoms. The molecule has 8 nitrogen and oxygen atoms in total. The van der Waals surface area contributed by atoms with E-state index in [1.807, 2.05) is 30.3 Å². The third-order valence-corrected chi connectivity index (χ3v) is 6.82. The van der Waals surface area contributed by atoms with Gasteiger partial charge in [0, 0.05) is 0 Å². The minimum absolute atomic E-state index is 0.250. The number of hydrogen-bond donors (Lipinski definition) is 0. The van der Waals surface area contributed by atoms with E-state index in [4.69, 9.17) is 28.4 Å². The Morgan fingerprint density at radius 3 is 1.55 bits per heavy atom. The lowest BCUT2D eigenvalue weighted by atomic mass is 9.82. The Morgan fingerprint density at radius 2 is 1.07 bits per heavy atom. The fraction of sp³-hybridized carbons (Fsp3) is 0.353. The number of esters is 2. The topological polar surface area (TPSA) is 89.5 Å². The molecule has 0 amide bonds. The molecule has 0 aromatic heterocycles. The molecule has 0 radical (unpaired) electrons. The highest BCUT2D eigenvalue weighted by molar-refractivity contribution is 5.77. The van der Waals surface area contributed by atoms with Crippen molar-refractivity contribution in [2.75, 3.05) is 33.0 Å². The first-order chi connectivity index (χ1) is 20.6. The van der Waals surface area contributed by atoms with E-state index in [2.05, 4.69) is 6.58 Å². The molecule has 1 aliphatic rings. The van der Waals surface area contributed by atoms with E-state index in [0.717, 1.165) is 5.56 Å². The van der Waals surface area contributed by atoms with E-state index in [1.165, 1.54) is 0 Å². The molecular formula is C34H38O8. The molecule has 0 heterocycles. The summed E-state index contributed by atoms with van der Waals surface area (Å²) in [7, 11) is 0. The molecule has 0 spiro atoms. The predicted molar refractivity (Wildman–Crippen MR) is 158 cm³/mol. The molecule has 3 aromatic rings. The summed E-state index contributed by atoms with van der Waals surface area (Å²) in [6, 6.07) is 23.9. The fourth-order valence-corrected chi connectivity index (χ4v) is 4.54. The third kappa shape index (κ3) is 10.4. The zero-order valence-corrected chi connectivity index (χ0v) is 23.8. The normalized spacial score (nSPS) is 16.3. The van der Waals surface area contributed by atoms with Crippen LogP contribution in [-0.4, -0.2) is 45.0 Å². The summed E-state index contributed by atoms with van der Waals surface area (Å²) in [6.45, 7) is 6.40. The zero-order chi connectivity index (χ0) is 29.4. The van der Waals surface area contributed by atoms with Gasteiger partial charge in [0.2, 0.25) is 0 Å². The first-order valence-electron chi connectivity index (χ1n) is 14.3. The Bertz CT molecular complexity index is 1230. The smallest absolute Gasteiger partial charge is 0.314 e. The van der Waals surface area contributed by atoms with Crippen molar-refractivity contribution in [3.63, 3.8) is 0 Å². The van der Waals surface area contributed by atoms with Crippen molar-refractivity contribution in [3.8, 4) is 23.0 Å². The van der Waals surface area contributed by atoms with Crippen LogP contribution >= 0.6 is 0 Å². The molecule has 8 heteroatoms. The van der Waals surface area contributed by atoms with Gasteiger partial charge in [0.05, 0.1) is 38.3 Å².